The van der Waals surface area contributed by atoms with Crippen LogP contribution in [0.15, 0.2) is 23.0 Å². The van der Waals surface area contributed by atoms with Gasteiger partial charge in [-0.1, -0.05) is 6.07 Å². The number of aliphatic hydroxyl groups is 1. The quantitative estimate of drug-likeness (QED) is 0.420. The number of aliphatic hydroxyl groups excluding tert-OH is 1. The van der Waals surface area contributed by atoms with Crippen molar-refractivity contribution in [2.24, 2.45) is 0 Å². The summed E-state index contributed by atoms with van der Waals surface area (Å²) in [5.74, 6) is -0.730. The lowest BCUT2D eigenvalue weighted by Crippen LogP contribution is -2.43. The fourth-order valence-electron chi connectivity index (χ4n) is 3.54. The lowest BCUT2D eigenvalue weighted by atomic mass is 10.1. The van der Waals surface area contributed by atoms with Gasteiger partial charge in [-0.15, -0.1) is 0 Å². The normalized spacial score (nSPS) is 17.2. The number of imide groups is 1. The van der Waals surface area contributed by atoms with Gasteiger partial charge in [0.1, 0.15) is 6.04 Å². The highest BCUT2D eigenvalue weighted by molar-refractivity contribution is 6.00. The number of benzene rings is 1. The summed E-state index contributed by atoms with van der Waals surface area (Å²) in [6, 6.07) is 5.07. The number of aryl methyl sites for hydroxylation is 1. The summed E-state index contributed by atoms with van der Waals surface area (Å²) in [5.41, 5.74) is 2.11. The van der Waals surface area contributed by atoms with E-state index in [0.717, 1.165) is 37.7 Å². The van der Waals surface area contributed by atoms with Gasteiger partial charge in [-0.05, 0) is 56.2 Å². The maximum absolute atomic E-state index is 12.4. The Balaban J connectivity index is 1.58. The van der Waals surface area contributed by atoms with Gasteiger partial charge in [0, 0.05) is 26.2 Å². The van der Waals surface area contributed by atoms with Crippen molar-refractivity contribution in [3.05, 3.63) is 34.2 Å². The number of imidazole rings is 1. The third-order valence-corrected chi connectivity index (χ3v) is 5.00. The zero-order valence-corrected chi connectivity index (χ0v) is 15.9. The van der Waals surface area contributed by atoms with Crippen LogP contribution in [-0.2, 0) is 20.7 Å². The SMILES string of the molecule is O=C1CCC(n2c(=O)[nH]c3cc(CCCOCCCCCO)ccc32)C(=O)N1. The van der Waals surface area contributed by atoms with Gasteiger partial charge in [0.2, 0.25) is 11.8 Å². The van der Waals surface area contributed by atoms with Crippen LogP contribution in [0.4, 0.5) is 0 Å². The predicted molar refractivity (Wildman–Crippen MR) is 104 cm³/mol. The van der Waals surface area contributed by atoms with Crippen LogP contribution >= 0.6 is 0 Å². The van der Waals surface area contributed by atoms with Crippen LogP contribution in [0, 0.1) is 0 Å². The molecule has 1 unspecified atom stereocenters. The van der Waals surface area contributed by atoms with Gasteiger partial charge in [0.05, 0.1) is 11.0 Å². The van der Waals surface area contributed by atoms with E-state index in [-0.39, 0.29) is 24.6 Å². The molecule has 0 bridgehead atoms. The van der Waals surface area contributed by atoms with Gasteiger partial charge < -0.3 is 14.8 Å². The monoisotopic (exact) mass is 389 g/mol. The first-order chi connectivity index (χ1) is 13.6. The molecule has 1 saturated heterocycles. The van der Waals surface area contributed by atoms with Crippen LogP contribution in [0.5, 0.6) is 0 Å². The molecule has 28 heavy (non-hydrogen) atoms. The number of aromatic amines is 1. The number of nitrogens with one attached hydrogen (secondary N) is 2. The third kappa shape index (κ3) is 4.88. The number of aromatic nitrogens is 2. The number of nitrogens with zero attached hydrogens (tertiary/aromatic N) is 1. The molecule has 152 valence electrons. The Hall–Kier alpha value is -2.45. The molecule has 1 aromatic carbocycles. The number of hydrogen-bond acceptors (Lipinski definition) is 5. The minimum Gasteiger partial charge on any atom is -0.396 e. The second-order valence-electron chi connectivity index (χ2n) is 7.12. The molecule has 0 radical (unpaired) electrons. The van der Waals surface area contributed by atoms with E-state index in [1.165, 1.54) is 4.57 Å². The molecular formula is C20H27N3O5. The third-order valence-electron chi connectivity index (χ3n) is 5.00. The first-order valence-corrected chi connectivity index (χ1v) is 9.85. The van der Waals surface area contributed by atoms with Crippen molar-refractivity contribution >= 4 is 22.8 Å². The number of piperidine rings is 1. The number of ether oxygens (including phenoxy) is 1. The van der Waals surface area contributed by atoms with Crippen LogP contribution in [-0.4, -0.2) is 46.3 Å². The summed E-state index contributed by atoms with van der Waals surface area (Å²) in [5, 5.41) is 11.0. The summed E-state index contributed by atoms with van der Waals surface area (Å²) < 4.78 is 7.04. The van der Waals surface area contributed by atoms with E-state index < -0.39 is 11.9 Å². The van der Waals surface area contributed by atoms with Crippen molar-refractivity contribution < 1.29 is 19.4 Å². The van der Waals surface area contributed by atoms with E-state index in [1.54, 1.807) is 0 Å². The first-order valence-electron chi connectivity index (χ1n) is 9.85. The zero-order chi connectivity index (χ0) is 19.9. The van der Waals surface area contributed by atoms with Crippen molar-refractivity contribution in [3.8, 4) is 0 Å². The lowest BCUT2D eigenvalue weighted by molar-refractivity contribution is -0.135. The summed E-state index contributed by atoms with van der Waals surface area (Å²) in [7, 11) is 0. The van der Waals surface area contributed by atoms with Gasteiger partial charge in [0.25, 0.3) is 0 Å². The lowest BCUT2D eigenvalue weighted by Gasteiger charge is -2.21. The topological polar surface area (TPSA) is 113 Å². The molecule has 1 atom stereocenters. The number of carbonyl (C=O) groups excluding carboxylic acids is 2. The van der Waals surface area contributed by atoms with Crippen LogP contribution in [0.2, 0.25) is 0 Å². The van der Waals surface area contributed by atoms with Gasteiger partial charge in [-0.2, -0.15) is 0 Å². The zero-order valence-electron chi connectivity index (χ0n) is 15.9. The standard InChI is InChI=1S/C20H27N3O5/c24-10-2-1-3-11-28-12-4-5-14-6-7-16-15(13-14)21-20(27)23(16)17-8-9-18(25)22-19(17)26/h6-7,13,17,24H,1-5,8-12H2,(H,21,27)(H,22,25,26). The molecule has 1 aliphatic rings. The van der Waals surface area contributed by atoms with E-state index in [1.807, 2.05) is 18.2 Å². The average Bonchev–Trinajstić information content (AvgIpc) is 2.99. The molecule has 8 nitrogen and oxygen atoms in total. The minimum absolute atomic E-state index is 0.230. The Morgan fingerprint density at radius 2 is 1.93 bits per heavy atom. The fourth-order valence-corrected chi connectivity index (χ4v) is 3.54. The number of rotatable bonds is 10. The second-order valence-corrected chi connectivity index (χ2v) is 7.12. The molecule has 1 fully saturated rings. The number of H-pyrrole nitrogens is 1. The van der Waals surface area contributed by atoms with E-state index in [0.29, 0.717) is 30.7 Å². The van der Waals surface area contributed by atoms with Crippen molar-refractivity contribution in [1.29, 1.82) is 0 Å². The molecule has 0 spiro atoms. The number of amides is 2. The van der Waals surface area contributed by atoms with Crippen molar-refractivity contribution in [2.45, 2.75) is 51.0 Å². The molecule has 1 aliphatic heterocycles. The molecule has 2 aromatic rings. The van der Waals surface area contributed by atoms with Crippen molar-refractivity contribution in [1.82, 2.24) is 14.9 Å². The van der Waals surface area contributed by atoms with Gasteiger partial charge in [-0.3, -0.25) is 19.5 Å². The maximum atomic E-state index is 12.4. The van der Waals surface area contributed by atoms with Crippen molar-refractivity contribution in [2.75, 3.05) is 19.8 Å². The molecule has 8 heteroatoms. The summed E-state index contributed by atoms with van der Waals surface area (Å²) >= 11 is 0. The molecule has 3 N–H and O–H groups in total. The van der Waals surface area contributed by atoms with E-state index in [4.69, 9.17) is 9.84 Å². The van der Waals surface area contributed by atoms with Crippen LogP contribution in [0.3, 0.4) is 0 Å². The van der Waals surface area contributed by atoms with Gasteiger partial charge >= 0.3 is 5.69 Å². The number of unbranched alkanes of at least 4 members (excludes halogenated alkanes) is 2. The Labute approximate surface area is 162 Å². The molecular weight excluding hydrogens is 362 g/mol. The van der Waals surface area contributed by atoms with Crippen LogP contribution in [0.1, 0.15) is 50.1 Å². The fraction of sp³-hybridized carbons (Fsp3) is 0.550. The Kier molecular flexibility index (Phi) is 7.00. The molecule has 2 heterocycles. The Bertz CT molecular complexity index is 886. The highest BCUT2D eigenvalue weighted by Gasteiger charge is 2.30. The minimum atomic E-state index is -0.663. The summed E-state index contributed by atoms with van der Waals surface area (Å²) in [6.45, 7) is 1.61. The molecule has 3 rings (SSSR count). The van der Waals surface area contributed by atoms with Gasteiger partial charge in [0.15, 0.2) is 0 Å². The summed E-state index contributed by atoms with van der Waals surface area (Å²) in [4.78, 5) is 38.7. The first kappa shape index (κ1) is 20.3. The maximum Gasteiger partial charge on any atom is 0.327 e. The van der Waals surface area contributed by atoms with E-state index in [9.17, 15) is 14.4 Å². The van der Waals surface area contributed by atoms with Gasteiger partial charge in [-0.25, -0.2) is 4.79 Å². The largest absolute Gasteiger partial charge is 0.396 e. The highest BCUT2D eigenvalue weighted by atomic mass is 16.5. The Morgan fingerprint density at radius 1 is 1.11 bits per heavy atom. The number of carbonyl (C=O) groups is 2. The molecule has 0 aliphatic carbocycles. The summed E-state index contributed by atoms with van der Waals surface area (Å²) in [6.07, 6.45) is 5.02. The number of fused-ring (bicyclic) bond motifs is 1. The molecule has 2 amide bonds. The highest BCUT2D eigenvalue weighted by Crippen LogP contribution is 2.22. The average molecular weight is 389 g/mol. The van der Waals surface area contributed by atoms with Crippen LogP contribution in [0.25, 0.3) is 11.0 Å². The number of hydrogen-bond donors (Lipinski definition) is 3. The van der Waals surface area contributed by atoms with Crippen LogP contribution < -0.4 is 11.0 Å². The smallest absolute Gasteiger partial charge is 0.327 e. The Morgan fingerprint density at radius 3 is 2.71 bits per heavy atom. The molecule has 1 aromatic heterocycles. The predicted octanol–water partition coefficient (Wildman–Crippen LogP) is 1.42. The van der Waals surface area contributed by atoms with E-state index in [2.05, 4.69) is 10.3 Å². The van der Waals surface area contributed by atoms with E-state index >= 15 is 0 Å². The second kappa shape index (κ2) is 9.66. The molecule has 0 saturated carbocycles. The van der Waals surface area contributed by atoms with Crippen molar-refractivity contribution in [3.63, 3.8) is 0 Å².